The molecule has 21 heavy (non-hydrogen) atoms. The fraction of sp³-hybridized carbons (Fsp3) is 0.467. The van der Waals surface area contributed by atoms with Gasteiger partial charge >= 0.3 is 12.0 Å². The summed E-state index contributed by atoms with van der Waals surface area (Å²) >= 11 is 0. The first kappa shape index (κ1) is 15.3. The summed E-state index contributed by atoms with van der Waals surface area (Å²) in [5.74, 6) is -0.969. The van der Waals surface area contributed by atoms with Crippen molar-refractivity contribution >= 4 is 12.0 Å². The molecule has 0 bridgehead atoms. The molecule has 1 aromatic rings. The van der Waals surface area contributed by atoms with Crippen LogP contribution in [0.5, 0.6) is 0 Å². The average Bonchev–Trinajstić information content (AvgIpc) is 2.81. The van der Waals surface area contributed by atoms with E-state index in [1.165, 1.54) is 0 Å². The van der Waals surface area contributed by atoms with Crippen LogP contribution in [0.15, 0.2) is 24.3 Å². The predicted octanol–water partition coefficient (Wildman–Crippen LogP) is 1.28. The lowest BCUT2D eigenvalue weighted by molar-refractivity contribution is -0.148. The van der Waals surface area contributed by atoms with Gasteiger partial charge < -0.3 is 20.5 Å². The maximum absolute atomic E-state index is 11.9. The van der Waals surface area contributed by atoms with Crippen molar-refractivity contribution in [3.8, 4) is 0 Å². The third kappa shape index (κ3) is 3.52. The van der Waals surface area contributed by atoms with Crippen LogP contribution in [0.3, 0.4) is 0 Å². The van der Waals surface area contributed by atoms with E-state index in [2.05, 4.69) is 10.6 Å². The summed E-state index contributed by atoms with van der Waals surface area (Å²) in [4.78, 5) is 23.2. The van der Waals surface area contributed by atoms with Crippen LogP contribution in [-0.4, -0.2) is 36.4 Å². The topological polar surface area (TPSA) is 87.7 Å². The minimum atomic E-state index is -1.08. The number of amides is 2. The van der Waals surface area contributed by atoms with Crippen LogP contribution in [0.2, 0.25) is 0 Å². The number of carboxylic acid groups (broad SMARTS) is 1. The monoisotopic (exact) mass is 292 g/mol. The second-order valence-electron chi connectivity index (χ2n) is 5.60. The highest BCUT2D eigenvalue weighted by molar-refractivity contribution is 5.79. The van der Waals surface area contributed by atoms with Gasteiger partial charge in [-0.25, -0.2) is 4.79 Å². The summed E-state index contributed by atoms with van der Waals surface area (Å²) in [6, 6.07) is 6.90. The zero-order valence-electron chi connectivity index (χ0n) is 12.2. The molecule has 2 unspecified atom stereocenters. The number of ether oxygens (including phenoxy) is 1. The first-order valence-corrected chi connectivity index (χ1v) is 6.83. The van der Waals surface area contributed by atoms with E-state index in [0.717, 1.165) is 11.1 Å². The van der Waals surface area contributed by atoms with Gasteiger partial charge in [-0.05, 0) is 19.4 Å². The number of hydrogen-bond acceptors (Lipinski definition) is 3. The summed E-state index contributed by atoms with van der Waals surface area (Å²) in [7, 11) is 0. The first-order valence-electron chi connectivity index (χ1n) is 6.83. The Morgan fingerprint density at radius 1 is 1.38 bits per heavy atom. The molecule has 2 amide bonds. The second kappa shape index (κ2) is 6.13. The molecule has 1 heterocycles. The number of carbonyl (C=O) groups is 2. The van der Waals surface area contributed by atoms with Gasteiger partial charge in [-0.1, -0.05) is 29.8 Å². The standard InChI is InChI=1S/C15H20N2O4/c1-10-3-5-11(6-4-10)7-16-14(20)17-12-8-21-9-15(12,2)13(18)19/h3-6,12H,7-9H2,1-2H3,(H,18,19)(H2,16,17,20). The van der Waals surface area contributed by atoms with Gasteiger partial charge in [-0.3, -0.25) is 4.79 Å². The molecule has 1 fully saturated rings. The van der Waals surface area contributed by atoms with Crippen LogP contribution in [0, 0.1) is 12.3 Å². The highest BCUT2D eigenvalue weighted by Crippen LogP contribution is 2.28. The fourth-order valence-electron chi connectivity index (χ4n) is 2.18. The Labute approximate surface area is 123 Å². The van der Waals surface area contributed by atoms with Crippen molar-refractivity contribution in [2.45, 2.75) is 26.4 Å². The van der Waals surface area contributed by atoms with Crippen LogP contribution in [0.25, 0.3) is 0 Å². The van der Waals surface area contributed by atoms with E-state index >= 15 is 0 Å². The number of hydrogen-bond donors (Lipinski definition) is 3. The fourth-order valence-corrected chi connectivity index (χ4v) is 2.18. The minimum Gasteiger partial charge on any atom is -0.481 e. The highest BCUT2D eigenvalue weighted by Gasteiger charge is 2.47. The molecule has 0 radical (unpaired) electrons. The van der Waals surface area contributed by atoms with Gasteiger partial charge in [0.2, 0.25) is 0 Å². The van der Waals surface area contributed by atoms with E-state index in [-0.39, 0.29) is 13.2 Å². The summed E-state index contributed by atoms with van der Waals surface area (Å²) in [6.07, 6.45) is 0. The molecular weight excluding hydrogens is 272 g/mol. The summed E-state index contributed by atoms with van der Waals surface area (Å²) < 4.78 is 5.19. The van der Waals surface area contributed by atoms with Crippen LogP contribution in [-0.2, 0) is 16.1 Å². The van der Waals surface area contributed by atoms with E-state index in [0.29, 0.717) is 6.54 Å². The number of urea groups is 1. The van der Waals surface area contributed by atoms with Crippen molar-refractivity contribution in [2.24, 2.45) is 5.41 Å². The first-order chi connectivity index (χ1) is 9.91. The lowest BCUT2D eigenvalue weighted by Gasteiger charge is -2.25. The summed E-state index contributed by atoms with van der Waals surface area (Å²) in [5, 5.41) is 14.6. The zero-order chi connectivity index (χ0) is 15.5. The van der Waals surface area contributed by atoms with Crippen LogP contribution < -0.4 is 10.6 Å². The van der Waals surface area contributed by atoms with Crippen molar-refractivity contribution < 1.29 is 19.4 Å². The van der Waals surface area contributed by atoms with Crippen LogP contribution in [0.1, 0.15) is 18.1 Å². The van der Waals surface area contributed by atoms with E-state index in [1.54, 1.807) is 6.92 Å². The Balaban J connectivity index is 1.87. The predicted molar refractivity (Wildman–Crippen MR) is 76.9 cm³/mol. The molecule has 0 spiro atoms. The largest absolute Gasteiger partial charge is 0.481 e. The highest BCUT2D eigenvalue weighted by atomic mass is 16.5. The average molecular weight is 292 g/mol. The number of nitrogens with one attached hydrogen (secondary N) is 2. The molecule has 114 valence electrons. The van der Waals surface area contributed by atoms with Crippen molar-refractivity contribution in [1.29, 1.82) is 0 Å². The van der Waals surface area contributed by atoms with Crippen molar-refractivity contribution in [1.82, 2.24) is 10.6 Å². The number of aryl methyl sites for hydroxylation is 1. The number of carboxylic acids is 1. The van der Waals surface area contributed by atoms with Gasteiger partial charge in [0.25, 0.3) is 0 Å². The number of rotatable bonds is 4. The Bertz CT molecular complexity index is 529. The Hall–Kier alpha value is -2.08. The van der Waals surface area contributed by atoms with Gasteiger partial charge in [0.15, 0.2) is 0 Å². The van der Waals surface area contributed by atoms with Crippen molar-refractivity contribution in [3.63, 3.8) is 0 Å². The second-order valence-corrected chi connectivity index (χ2v) is 5.60. The maximum Gasteiger partial charge on any atom is 0.315 e. The van der Waals surface area contributed by atoms with Gasteiger partial charge in [0, 0.05) is 6.54 Å². The summed E-state index contributed by atoms with van der Waals surface area (Å²) in [5.41, 5.74) is 1.06. The normalized spacial score (nSPS) is 24.6. The van der Waals surface area contributed by atoms with Gasteiger partial charge in [0.1, 0.15) is 5.41 Å². The Kier molecular flexibility index (Phi) is 4.47. The lowest BCUT2D eigenvalue weighted by Crippen LogP contribution is -2.52. The quantitative estimate of drug-likeness (QED) is 0.780. The number of carbonyl (C=O) groups excluding carboxylic acids is 1. The molecule has 0 aromatic heterocycles. The SMILES string of the molecule is Cc1ccc(CNC(=O)NC2COCC2(C)C(=O)O)cc1. The molecule has 1 saturated heterocycles. The number of benzene rings is 1. The minimum absolute atomic E-state index is 0.102. The molecule has 6 nitrogen and oxygen atoms in total. The van der Waals surface area contributed by atoms with E-state index in [4.69, 9.17) is 4.74 Å². The molecule has 0 aliphatic carbocycles. The van der Waals surface area contributed by atoms with Crippen molar-refractivity contribution in [2.75, 3.05) is 13.2 Å². The molecule has 3 N–H and O–H groups in total. The zero-order valence-corrected chi connectivity index (χ0v) is 12.2. The third-order valence-corrected chi connectivity index (χ3v) is 3.82. The molecule has 2 atom stereocenters. The Morgan fingerprint density at radius 3 is 2.67 bits per heavy atom. The van der Waals surface area contributed by atoms with Crippen molar-refractivity contribution in [3.05, 3.63) is 35.4 Å². The Morgan fingerprint density at radius 2 is 2.05 bits per heavy atom. The molecule has 1 aromatic carbocycles. The van der Waals surface area contributed by atoms with Gasteiger partial charge in [-0.2, -0.15) is 0 Å². The van der Waals surface area contributed by atoms with E-state index < -0.39 is 23.5 Å². The lowest BCUT2D eigenvalue weighted by atomic mass is 9.85. The molecule has 1 aliphatic heterocycles. The maximum atomic E-state index is 11.9. The third-order valence-electron chi connectivity index (χ3n) is 3.82. The smallest absolute Gasteiger partial charge is 0.315 e. The number of aliphatic carboxylic acids is 1. The molecule has 1 aliphatic rings. The summed E-state index contributed by atoms with van der Waals surface area (Å²) in [6.45, 7) is 4.28. The molecule has 2 rings (SSSR count). The van der Waals surface area contributed by atoms with Gasteiger partial charge in [-0.15, -0.1) is 0 Å². The van der Waals surface area contributed by atoms with E-state index in [9.17, 15) is 14.7 Å². The van der Waals surface area contributed by atoms with Crippen LogP contribution in [0.4, 0.5) is 4.79 Å². The van der Waals surface area contributed by atoms with E-state index in [1.807, 2.05) is 31.2 Å². The van der Waals surface area contributed by atoms with Gasteiger partial charge in [0.05, 0.1) is 19.3 Å². The molecular formula is C15H20N2O4. The van der Waals surface area contributed by atoms with Crippen LogP contribution >= 0.6 is 0 Å². The molecule has 6 heteroatoms. The molecule has 0 saturated carbocycles.